The van der Waals surface area contributed by atoms with Crippen molar-refractivity contribution in [2.24, 2.45) is 0 Å². The SMILES string of the molecule is C[C@@]1(C#N)C(=O)C(C(=O)NCC=O)=C(O)c2cc(F)c(F)cc21. The number of carbonyl (C=O) groups is 3. The zero-order chi connectivity index (χ0) is 17.4. The third-order valence-corrected chi connectivity index (χ3v) is 3.57. The van der Waals surface area contributed by atoms with Gasteiger partial charge in [0.15, 0.2) is 17.4 Å². The van der Waals surface area contributed by atoms with E-state index in [1.807, 2.05) is 0 Å². The maximum atomic E-state index is 13.5. The van der Waals surface area contributed by atoms with E-state index < -0.39 is 46.6 Å². The second-order valence-corrected chi connectivity index (χ2v) is 4.98. The number of Topliss-reactive ketones (excluding diaryl/α,β-unsaturated/α-hetero) is 1. The molecule has 8 heteroatoms. The molecule has 0 spiro atoms. The van der Waals surface area contributed by atoms with E-state index in [1.165, 1.54) is 0 Å². The standard InChI is InChI=1S/C15H10F2N2O4/c1-15(6-18)8-5-10(17)9(16)4-7(8)12(21)11(13(15)22)14(23)19-2-3-20/h3-5,21H,2H2,1H3,(H,19,23)/t15-/m0/s1. The summed E-state index contributed by atoms with van der Waals surface area (Å²) in [6.45, 7) is 0.710. The maximum absolute atomic E-state index is 13.5. The number of hydrogen-bond acceptors (Lipinski definition) is 5. The molecule has 2 rings (SSSR count). The predicted octanol–water partition coefficient (Wildman–Crippen LogP) is 0.913. The van der Waals surface area contributed by atoms with Crippen LogP contribution in [0, 0.1) is 23.0 Å². The number of fused-ring (bicyclic) bond motifs is 1. The summed E-state index contributed by atoms with van der Waals surface area (Å²) in [7, 11) is 0. The highest BCUT2D eigenvalue weighted by Crippen LogP contribution is 2.40. The van der Waals surface area contributed by atoms with Crippen molar-refractivity contribution in [3.8, 4) is 6.07 Å². The molecule has 0 saturated carbocycles. The van der Waals surface area contributed by atoms with Crippen LogP contribution in [0.4, 0.5) is 8.78 Å². The van der Waals surface area contributed by atoms with Gasteiger partial charge < -0.3 is 15.2 Å². The topological polar surface area (TPSA) is 107 Å². The highest BCUT2D eigenvalue weighted by atomic mass is 19.2. The molecule has 0 fully saturated rings. The lowest BCUT2D eigenvalue weighted by Crippen LogP contribution is -2.42. The molecule has 0 unspecified atom stereocenters. The third-order valence-electron chi connectivity index (χ3n) is 3.57. The van der Waals surface area contributed by atoms with Crippen LogP contribution in [0.1, 0.15) is 18.1 Å². The van der Waals surface area contributed by atoms with Gasteiger partial charge in [-0.1, -0.05) is 0 Å². The summed E-state index contributed by atoms with van der Waals surface area (Å²) in [5.74, 6) is -5.63. The molecular formula is C15H10F2N2O4. The number of amides is 1. The number of aliphatic hydroxyl groups excluding tert-OH is 1. The number of aliphatic hydroxyl groups is 1. The summed E-state index contributed by atoms with van der Waals surface area (Å²) < 4.78 is 26.9. The molecule has 0 bridgehead atoms. The van der Waals surface area contributed by atoms with Gasteiger partial charge in [-0.2, -0.15) is 5.26 Å². The van der Waals surface area contributed by atoms with Crippen LogP contribution in [-0.2, 0) is 19.8 Å². The predicted molar refractivity (Wildman–Crippen MR) is 73.0 cm³/mol. The van der Waals surface area contributed by atoms with Gasteiger partial charge >= 0.3 is 0 Å². The average Bonchev–Trinajstić information content (AvgIpc) is 2.53. The number of nitriles is 1. The summed E-state index contributed by atoms with van der Waals surface area (Å²) in [6, 6.07) is 2.91. The largest absolute Gasteiger partial charge is 0.506 e. The maximum Gasteiger partial charge on any atom is 0.259 e. The first-order valence-corrected chi connectivity index (χ1v) is 6.39. The van der Waals surface area contributed by atoms with Gasteiger partial charge in [-0.3, -0.25) is 9.59 Å². The van der Waals surface area contributed by atoms with Gasteiger partial charge in [0.25, 0.3) is 5.91 Å². The van der Waals surface area contributed by atoms with Crippen LogP contribution in [0.3, 0.4) is 0 Å². The van der Waals surface area contributed by atoms with E-state index in [4.69, 9.17) is 0 Å². The van der Waals surface area contributed by atoms with Gasteiger partial charge in [0.05, 0.1) is 12.6 Å². The van der Waals surface area contributed by atoms with Gasteiger partial charge in [-0.25, -0.2) is 8.78 Å². The molecule has 1 aromatic carbocycles. The van der Waals surface area contributed by atoms with Crippen LogP contribution < -0.4 is 5.32 Å². The van der Waals surface area contributed by atoms with Crippen LogP contribution in [0.2, 0.25) is 0 Å². The molecule has 1 aliphatic rings. The molecule has 0 aromatic heterocycles. The Balaban J connectivity index is 2.76. The zero-order valence-electron chi connectivity index (χ0n) is 11.8. The van der Waals surface area contributed by atoms with E-state index in [1.54, 1.807) is 6.07 Å². The van der Waals surface area contributed by atoms with Gasteiger partial charge in [-0.15, -0.1) is 0 Å². The zero-order valence-corrected chi connectivity index (χ0v) is 11.8. The number of hydrogen-bond donors (Lipinski definition) is 2. The molecule has 1 aromatic rings. The number of halogens is 2. The smallest absolute Gasteiger partial charge is 0.259 e. The van der Waals surface area contributed by atoms with Crippen molar-refractivity contribution in [2.75, 3.05) is 6.54 Å². The van der Waals surface area contributed by atoms with Crippen molar-refractivity contribution in [3.63, 3.8) is 0 Å². The van der Waals surface area contributed by atoms with E-state index in [0.29, 0.717) is 18.4 Å². The van der Waals surface area contributed by atoms with Crippen molar-refractivity contribution in [1.29, 1.82) is 5.26 Å². The summed E-state index contributed by atoms with van der Waals surface area (Å²) in [4.78, 5) is 34.7. The number of rotatable bonds is 3. The van der Waals surface area contributed by atoms with E-state index in [-0.39, 0.29) is 11.1 Å². The highest BCUT2D eigenvalue weighted by Gasteiger charge is 2.47. The molecule has 0 aliphatic heterocycles. The minimum absolute atomic E-state index is 0.242. The van der Waals surface area contributed by atoms with Crippen LogP contribution in [0.15, 0.2) is 17.7 Å². The van der Waals surface area contributed by atoms with Crippen molar-refractivity contribution in [1.82, 2.24) is 5.32 Å². The Morgan fingerprint density at radius 1 is 1.43 bits per heavy atom. The molecule has 1 atom stereocenters. The Kier molecular flexibility index (Phi) is 3.97. The van der Waals surface area contributed by atoms with E-state index in [0.717, 1.165) is 6.92 Å². The normalized spacial score (nSPS) is 19.8. The fourth-order valence-corrected chi connectivity index (χ4v) is 2.32. The highest BCUT2D eigenvalue weighted by molar-refractivity contribution is 6.29. The van der Waals surface area contributed by atoms with Crippen molar-refractivity contribution in [3.05, 3.63) is 40.5 Å². The van der Waals surface area contributed by atoms with Crippen molar-refractivity contribution < 1.29 is 28.3 Å². The van der Waals surface area contributed by atoms with Crippen LogP contribution in [0.5, 0.6) is 0 Å². The lowest BCUT2D eigenvalue weighted by molar-refractivity contribution is -0.125. The van der Waals surface area contributed by atoms with Gasteiger partial charge in [0, 0.05) is 5.56 Å². The first kappa shape index (κ1) is 16.3. The quantitative estimate of drug-likeness (QED) is 0.636. The van der Waals surface area contributed by atoms with Crippen molar-refractivity contribution >= 4 is 23.7 Å². The number of nitrogens with zero attached hydrogens (tertiary/aromatic N) is 1. The minimum atomic E-state index is -1.98. The van der Waals surface area contributed by atoms with Crippen LogP contribution in [0.25, 0.3) is 5.76 Å². The van der Waals surface area contributed by atoms with E-state index in [2.05, 4.69) is 5.32 Å². The van der Waals surface area contributed by atoms with Gasteiger partial charge in [0.1, 0.15) is 23.0 Å². The third kappa shape index (κ3) is 2.36. The first-order valence-electron chi connectivity index (χ1n) is 6.39. The Morgan fingerprint density at radius 3 is 2.61 bits per heavy atom. The monoisotopic (exact) mass is 320 g/mol. The summed E-state index contributed by atoms with van der Waals surface area (Å²) >= 11 is 0. The minimum Gasteiger partial charge on any atom is -0.506 e. The first-order chi connectivity index (χ1) is 10.8. The molecule has 2 N–H and O–H groups in total. The molecule has 0 heterocycles. The van der Waals surface area contributed by atoms with Crippen molar-refractivity contribution in [2.45, 2.75) is 12.3 Å². The average molecular weight is 320 g/mol. The molecule has 6 nitrogen and oxygen atoms in total. The second-order valence-electron chi connectivity index (χ2n) is 4.98. The molecular weight excluding hydrogens is 310 g/mol. The Morgan fingerprint density at radius 2 is 2.04 bits per heavy atom. The number of benzene rings is 1. The van der Waals surface area contributed by atoms with E-state index in [9.17, 15) is 33.5 Å². The van der Waals surface area contributed by atoms with Crippen LogP contribution >= 0.6 is 0 Å². The van der Waals surface area contributed by atoms with Gasteiger partial charge in [0.2, 0.25) is 0 Å². The Labute approximate surface area is 129 Å². The summed E-state index contributed by atoms with van der Waals surface area (Å²) in [5.41, 5.74) is -3.34. The fourth-order valence-electron chi connectivity index (χ4n) is 2.32. The Bertz CT molecular complexity index is 810. The molecule has 0 radical (unpaired) electrons. The summed E-state index contributed by atoms with van der Waals surface area (Å²) in [5, 5.41) is 21.5. The molecule has 23 heavy (non-hydrogen) atoms. The Hall–Kier alpha value is -3.08. The summed E-state index contributed by atoms with van der Waals surface area (Å²) in [6.07, 6.45) is 0.356. The van der Waals surface area contributed by atoms with E-state index >= 15 is 0 Å². The second kappa shape index (κ2) is 5.61. The fraction of sp³-hybridized carbons (Fsp3) is 0.200. The molecule has 0 saturated heterocycles. The molecule has 118 valence electrons. The molecule has 1 amide bonds. The number of carbonyl (C=O) groups excluding carboxylic acids is 3. The number of ketones is 1. The molecule has 1 aliphatic carbocycles. The lowest BCUT2D eigenvalue weighted by Gasteiger charge is -2.29. The van der Waals surface area contributed by atoms with Gasteiger partial charge in [-0.05, 0) is 24.6 Å². The van der Waals surface area contributed by atoms with Crippen LogP contribution in [-0.4, -0.2) is 29.6 Å². The number of nitrogens with one attached hydrogen (secondary N) is 1. The number of aldehydes is 1. The lowest BCUT2D eigenvalue weighted by atomic mass is 9.70.